The number of aromatic nitrogens is 1. The lowest BCUT2D eigenvalue weighted by atomic mass is 10.2. The summed E-state index contributed by atoms with van der Waals surface area (Å²) in [6, 6.07) is 20.0. The van der Waals surface area contributed by atoms with E-state index in [1.54, 1.807) is 26.4 Å². The SMILES string of the molecule is COc1cc(NCC(O)Cn2c3ccccc3c3ccccc32)c(OC)cc1Cl. The number of aliphatic hydroxyl groups is 1. The summed E-state index contributed by atoms with van der Waals surface area (Å²) in [5, 5.41) is 16.9. The zero-order valence-electron chi connectivity index (χ0n) is 16.4. The number of hydrogen-bond acceptors (Lipinski definition) is 4. The highest BCUT2D eigenvalue weighted by molar-refractivity contribution is 6.32. The van der Waals surface area contributed by atoms with Crippen molar-refractivity contribution in [1.29, 1.82) is 0 Å². The molecule has 4 aromatic rings. The van der Waals surface area contributed by atoms with E-state index in [-0.39, 0.29) is 0 Å². The average molecular weight is 411 g/mol. The van der Waals surface area contributed by atoms with Crippen LogP contribution in [0.2, 0.25) is 5.02 Å². The normalized spacial score (nSPS) is 12.3. The van der Waals surface area contributed by atoms with Crippen molar-refractivity contribution in [2.24, 2.45) is 0 Å². The van der Waals surface area contributed by atoms with E-state index in [0.717, 1.165) is 16.7 Å². The first-order chi connectivity index (χ1) is 14.1. The standard InChI is InChI=1S/C23H23ClN2O3/c1-28-22-12-19(23(29-2)11-18(22)24)25-13-15(27)14-26-20-9-5-3-7-16(20)17-8-4-6-10-21(17)26/h3-12,15,25,27H,13-14H2,1-2H3. The van der Waals surface area contributed by atoms with Crippen molar-refractivity contribution in [2.45, 2.75) is 12.6 Å². The number of methoxy groups -OCH3 is 2. The predicted molar refractivity (Wildman–Crippen MR) is 118 cm³/mol. The van der Waals surface area contributed by atoms with Gasteiger partial charge in [0.1, 0.15) is 11.5 Å². The van der Waals surface area contributed by atoms with Crippen molar-refractivity contribution in [1.82, 2.24) is 4.57 Å². The molecule has 0 fully saturated rings. The Morgan fingerprint density at radius 3 is 2.10 bits per heavy atom. The van der Waals surface area contributed by atoms with Crippen molar-refractivity contribution < 1.29 is 14.6 Å². The quantitative estimate of drug-likeness (QED) is 0.453. The predicted octanol–water partition coefficient (Wildman–Crippen LogP) is 4.94. The van der Waals surface area contributed by atoms with Crippen LogP contribution in [0.15, 0.2) is 60.7 Å². The number of rotatable bonds is 7. The van der Waals surface area contributed by atoms with Crippen LogP contribution in [0.25, 0.3) is 21.8 Å². The highest BCUT2D eigenvalue weighted by Crippen LogP contribution is 2.36. The Labute approximate surface area is 174 Å². The Morgan fingerprint density at radius 2 is 1.52 bits per heavy atom. The van der Waals surface area contributed by atoms with Crippen LogP contribution in [0.1, 0.15) is 0 Å². The fourth-order valence-corrected chi connectivity index (χ4v) is 3.93. The van der Waals surface area contributed by atoms with Crippen LogP contribution >= 0.6 is 11.6 Å². The number of aliphatic hydroxyl groups excluding tert-OH is 1. The lowest BCUT2D eigenvalue weighted by Gasteiger charge is -2.18. The third kappa shape index (κ3) is 3.71. The van der Waals surface area contributed by atoms with Gasteiger partial charge in [-0.15, -0.1) is 0 Å². The summed E-state index contributed by atoms with van der Waals surface area (Å²) in [6.07, 6.45) is -0.611. The summed E-state index contributed by atoms with van der Waals surface area (Å²) in [6.45, 7) is 0.816. The van der Waals surface area contributed by atoms with Gasteiger partial charge in [-0.1, -0.05) is 48.0 Å². The fourth-order valence-electron chi connectivity index (χ4n) is 3.70. The van der Waals surface area contributed by atoms with Gasteiger partial charge in [0.05, 0.1) is 37.6 Å². The maximum absolute atomic E-state index is 10.8. The van der Waals surface area contributed by atoms with Gasteiger partial charge in [-0.25, -0.2) is 0 Å². The van der Waals surface area contributed by atoms with Crippen LogP contribution in [0.4, 0.5) is 5.69 Å². The third-order valence-electron chi connectivity index (χ3n) is 5.08. The molecule has 0 radical (unpaired) electrons. The van der Waals surface area contributed by atoms with Gasteiger partial charge < -0.3 is 24.5 Å². The number of nitrogens with one attached hydrogen (secondary N) is 1. The van der Waals surface area contributed by atoms with Crippen molar-refractivity contribution >= 4 is 39.1 Å². The first-order valence-corrected chi connectivity index (χ1v) is 9.79. The molecule has 2 N–H and O–H groups in total. The molecule has 1 aromatic heterocycles. The topological polar surface area (TPSA) is 55.6 Å². The average Bonchev–Trinajstić information content (AvgIpc) is 3.06. The van der Waals surface area contributed by atoms with E-state index in [2.05, 4.69) is 34.1 Å². The molecule has 1 atom stereocenters. The Kier molecular flexibility index (Phi) is 5.51. The van der Waals surface area contributed by atoms with Crippen LogP contribution in [0.3, 0.4) is 0 Å². The number of para-hydroxylation sites is 2. The van der Waals surface area contributed by atoms with E-state index in [1.807, 2.05) is 24.3 Å². The van der Waals surface area contributed by atoms with Crippen LogP contribution < -0.4 is 14.8 Å². The van der Waals surface area contributed by atoms with E-state index in [0.29, 0.717) is 29.6 Å². The summed E-state index contributed by atoms with van der Waals surface area (Å²) >= 11 is 6.16. The van der Waals surface area contributed by atoms with E-state index >= 15 is 0 Å². The second-order valence-electron chi connectivity index (χ2n) is 6.87. The minimum Gasteiger partial charge on any atom is -0.495 e. The molecule has 150 valence electrons. The Hall–Kier alpha value is -2.89. The van der Waals surface area contributed by atoms with Gasteiger partial charge in [0.2, 0.25) is 0 Å². The van der Waals surface area contributed by atoms with Crippen LogP contribution in [-0.2, 0) is 6.54 Å². The summed E-state index contributed by atoms with van der Waals surface area (Å²) in [5.41, 5.74) is 2.94. The zero-order chi connectivity index (χ0) is 20.4. The summed E-state index contributed by atoms with van der Waals surface area (Å²) in [4.78, 5) is 0. The largest absolute Gasteiger partial charge is 0.495 e. The molecule has 0 bridgehead atoms. The van der Waals surface area contributed by atoms with E-state index in [9.17, 15) is 5.11 Å². The van der Waals surface area contributed by atoms with Crippen molar-refractivity contribution in [2.75, 3.05) is 26.1 Å². The third-order valence-corrected chi connectivity index (χ3v) is 5.37. The van der Waals surface area contributed by atoms with E-state index < -0.39 is 6.10 Å². The Morgan fingerprint density at radius 1 is 0.931 bits per heavy atom. The van der Waals surface area contributed by atoms with Crippen molar-refractivity contribution in [3.63, 3.8) is 0 Å². The molecule has 0 aliphatic rings. The minimum atomic E-state index is -0.611. The molecule has 1 unspecified atom stereocenters. The van der Waals surface area contributed by atoms with Gasteiger partial charge in [-0.05, 0) is 12.1 Å². The molecule has 0 aliphatic heterocycles. The molecule has 3 aromatic carbocycles. The first kappa shape index (κ1) is 19.4. The molecule has 6 heteroatoms. The minimum absolute atomic E-state index is 0.349. The molecule has 0 saturated heterocycles. The van der Waals surface area contributed by atoms with Gasteiger partial charge in [0, 0.05) is 40.5 Å². The molecule has 0 amide bonds. The lowest BCUT2D eigenvalue weighted by molar-refractivity contribution is 0.169. The van der Waals surface area contributed by atoms with Crippen molar-refractivity contribution in [3.8, 4) is 11.5 Å². The van der Waals surface area contributed by atoms with Gasteiger partial charge in [-0.2, -0.15) is 0 Å². The number of ether oxygens (including phenoxy) is 2. The highest BCUT2D eigenvalue weighted by Gasteiger charge is 2.15. The number of hydrogen-bond donors (Lipinski definition) is 2. The van der Waals surface area contributed by atoms with Gasteiger partial charge in [0.15, 0.2) is 0 Å². The molecule has 29 heavy (non-hydrogen) atoms. The van der Waals surface area contributed by atoms with Gasteiger partial charge >= 0.3 is 0 Å². The molecule has 0 aliphatic carbocycles. The number of nitrogens with zero attached hydrogens (tertiary/aromatic N) is 1. The monoisotopic (exact) mass is 410 g/mol. The number of fused-ring (bicyclic) bond motifs is 3. The van der Waals surface area contributed by atoms with E-state index in [4.69, 9.17) is 21.1 Å². The fraction of sp³-hybridized carbons (Fsp3) is 0.217. The molecular weight excluding hydrogens is 388 g/mol. The van der Waals surface area contributed by atoms with Crippen molar-refractivity contribution in [3.05, 3.63) is 65.7 Å². The molecule has 0 saturated carbocycles. The van der Waals surface area contributed by atoms with Crippen LogP contribution in [-0.4, -0.2) is 36.5 Å². The Balaban J connectivity index is 1.57. The molecule has 5 nitrogen and oxygen atoms in total. The Bertz CT molecular complexity index is 1100. The number of benzene rings is 3. The lowest BCUT2D eigenvalue weighted by Crippen LogP contribution is -2.25. The maximum atomic E-state index is 10.8. The first-order valence-electron chi connectivity index (χ1n) is 9.41. The summed E-state index contributed by atoms with van der Waals surface area (Å²) in [5.74, 6) is 1.15. The molecule has 4 rings (SSSR count). The number of halogens is 1. The summed E-state index contributed by atoms with van der Waals surface area (Å²) < 4.78 is 12.8. The van der Waals surface area contributed by atoms with Crippen LogP contribution in [0, 0.1) is 0 Å². The molecular formula is C23H23ClN2O3. The zero-order valence-corrected chi connectivity index (χ0v) is 17.1. The molecule has 1 heterocycles. The second-order valence-corrected chi connectivity index (χ2v) is 7.27. The van der Waals surface area contributed by atoms with Gasteiger partial charge in [0.25, 0.3) is 0 Å². The smallest absolute Gasteiger partial charge is 0.143 e. The highest BCUT2D eigenvalue weighted by atomic mass is 35.5. The maximum Gasteiger partial charge on any atom is 0.143 e. The van der Waals surface area contributed by atoms with E-state index in [1.165, 1.54) is 10.8 Å². The second kappa shape index (κ2) is 8.23. The molecule has 0 spiro atoms. The van der Waals surface area contributed by atoms with Gasteiger partial charge in [-0.3, -0.25) is 0 Å². The number of anilines is 1. The van der Waals surface area contributed by atoms with Crippen LogP contribution in [0.5, 0.6) is 11.5 Å². The summed E-state index contributed by atoms with van der Waals surface area (Å²) in [7, 11) is 3.15.